The van der Waals surface area contributed by atoms with E-state index >= 15 is 0 Å². The van der Waals surface area contributed by atoms with Crippen LogP contribution in [-0.4, -0.2) is 40.0 Å². The van der Waals surface area contributed by atoms with E-state index in [-0.39, 0.29) is 11.7 Å². The monoisotopic (exact) mass is 321 g/mol. The van der Waals surface area contributed by atoms with Crippen molar-refractivity contribution in [1.82, 2.24) is 4.90 Å². The van der Waals surface area contributed by atoms with Gasteiger partial charge in [0.15, 0.2) is 0 Å². The number of hydrogen-bond donors (Lipinski definition) is 2. The minimum absolute atomic E-state index is 0.0814. The Hall–Kier alpha value is -2.64. The van der Waals surface area contributed by atoms with Crippen molar-refractivity contribution in [2.45, 2.75) is 26.2 Å². The second-order valence-electron chi connectivity index (χ2n) is 5.48. The second kappa shape index (κ2) is 7.08. The molecule has 1 aromatic rings. The third-order valence-corrected chi connectivity index (χ3v) is 4.06. The molecule has 0 bridgehead atoms. The fourth-order valence-electron chi connectivity index (χ4n) is 2.63. The summed E-state index contributed by atoms with van der Waals surface area (Å²) < 4.78 is 0. The Labute approximate surface area is 133 Å². The summed E-state index contributed by atoms with van der Waals surface area (Å²) in [7, 11) is 0. The van der Waals surface area contributed by atoms with Crippen molar-refractivity contribution in [3.63, 3.8) is 0 Å². The van der Waals surface area contributed by atoms with Crippen molar-refractivity contribution in [2.24, 2.45) is 5.92 Å². The lowest BCUT2D eigenvalue weighted by Gasteiger charge is -2.30. The molecule has 8 heteroatoms. The zero-order valence-corrected chi connectivity index (χ0v) is 12.8. The zero-order valence-electron chi connectivity index (χ0n) is 12.8. The van der Waals surface area contributed by atoms with Gasteiger partial charge in [-0.15, -0.1) is 0 Å². The Bertz CT molecular complexity index is 624. The van der Waals surface area contributed by atoms with Gasteiger partial charge in [0.1, 0.15) is 0 Å². The number of carbonyl (C=O) groups is 2. The maximum absolute atomic E-state index is 12.3. The molecule has 1 fully saturated rings. The zero-order chi connectivity index (χ0) is 17.0. The van der Waals surface area contributed by atoms with Gasteiger partial charge in [-0.3, -0.25) is 14.9 Å². The molecule has 2 amide bonds. The van der Waals surface area contributed by atoms with Crippen LogP contribution >= 0.6 is 0 Å². The highest BCUT2D eigenvalue weighted by atomic mass is 16.6. The highest BCUT2D eigenvalue weighted by Crippen LogP contribution is 2.24. The number of aryl methyl sites for hydroxylation is 1. The van der Waals surface area contributed by atoms with E-state index in [1.807, 2.05) is 6.92 Å². The van der Waals surface area contributed by atoms with Crippen molar-refractivity contribution in [1.29, 1.82) is 0 Å². The summed E-state index contributed by atoms with van der Waals surface area (Å²) in [5.41, 5.74) is 1.15. The van der Waals surface area contributed by atoms with Gasteiger partial charge in [0.2, 0.25) is 0 Å². The Morgan fingerprint density at radius 1 is 1.39 bits per heavy atom. The first-order valence-electron chi connectivity index (χ1n) is 7.48. The SMILES string of the molecule is CCc1ccc([N+](=O)[O-])cc1NC(=O)N1CCC(C(=O)O)CC1. The molecule has 1 aliphatic heterocycles. The molecule has 1 aliphatic rings. The highest BCUT2D eigenvalue weighted by Gasteiger charge is 2.27. The van der Waals surface area contributed by atoms with Gasteiger partial charge in [-0.25, -0.2) is 4.79 Å². The first-order chi connectivity index (χ1) is 10.9. The number of amides is 2. The number of non-ortho nitro benzene ring substituents is 1. The minimum Gasteiger partial charge on any atom is -0.481 e. The normalized spacial score (nSPS) is 15.3. The van der Waals surface area contributed by atoms with Gasteiger partial charge >= 0.3 is 12.0 Å². The van der Waals surface area contributed by atoms with Gasteiger partial charge in [-0.1, -0.05) is 13.0 Å². The number of nitrogens with zero attached hydrogens (tertiary/aromatic N) is 2. The van der Waals surface area contributed by atoms with Crippen molar-refractivity contribution in [3.8, 4) is 0 Å². The summed E-state index contributed by atoms with van der Waals surface area (Å²) in [6.45, 7) is 2.62. The van der Waals surface area contributed by atoms with Crippen molar-refractivity contribution >= 4 is 23.4 Å². The Balaban J connectivity index is 2.07. The predicted molar refractivity (Wildman–Crippen MR) is 83.4 cm³/mol. The smallest absolute Gasteiger partial charge is 0.321 e. The number of piperidine rings is 1. The molecule has 23 heavy (non-hydrogen) atoms. The first-order valence-corrected chi connectivity index (χ1v) is 7.48. The molecule has 0 spiro atoms. The summed E-state index contributed by atoms with van der Waals surface area (Å²) in [6.07, 6.45) is 1.46. The maximum Gasteiger partial charge on any atom is 0.321 e. The van der Waals surface area contributed by atoms with E-state index in [9.17, 15) is 19.7 Å². The molecule has 8 nitrogen and oxygen atoms in total. The molecule has 0 aliphatic carbocycles. The molecule has 124 valence electrons. The van der Waals surface area contributed by atoms with E-state index < -0.39 is 16.8 Å². The number of hydrogen-bond acceptors (Lipinski definition) is 4. The largest absolute Gasteiger partial charge is 0.481 e. The third-order valence-electron chi connectivity index (χ3n) is 4.06. The molecule has 2 N–H and O–H groups in total. The van der Waals surface area contributed by atoms with Gasteiger partial charge in [0, 0.05) is 25.2 Å². The molecule has 0 unspecified atom stereocenters. The molecule has 1 heterocycles. The van der Waals surface area contributed by atoms with Crippen LogP contribution in [0.2, 0.25) is 0 Å². The summed E-state index contributed by atoms with van der Waals surface area (Å²) >= 11 is 0. The predicted octanol–water partition coefficient (Wildman–Crippen LogP) is 2.49. The van der Waals surface area contributed by atoms with E-state index in [1.54, 1.807) is 6.07 Å². The topological polar surface area (TPSA) is 113 Å². The van der Waals surface area contributed by atoms with E-state index in [2.05, 4.69) is 5.32 Å². The Morgan fingerprint density at radius 2 is 2.04 bits per heavy atom. The van der Waals surface area contributed by atoms with Crippen LogP contribution in [0.5, 0.6) is 0 Å². The minimum atomic E-state index is -0.836. The number of nitro benzene ring substituents is 1. The Morgan fingerprint density at radius 3 is 2.57 bits per heavy atom. The van der Waals surface area contributed by atoms with Crippen LogP contribution in [0.1, 0.15) is 25.3 Å². The highest BCUT2D eigenvalue weighted by molar-refractivity contribution is 5.90. The standard InChI is InChI=1S/C15H19N3O5/c1-2-10-3-4-12(18(22)23)9-13(10)16-15(21)17-7-5-11(6-8-17)14(19)20/h3-4,9,11H,2,5-8H2,1H3,(H,16,21)(H,19,20). The summed E-state index contributed by atoms with van der Waals surface area (Å²) in [5.74, 6) is -1.25. The van der Waals surface area contributed by atoms with Gasteiger partial charge < -0.3 is 15.3 Å². The number of rotatable bonds is 4. The van der Waals surface area contributed by atoms with Crippen LogP contribution in [0.3, 0.4) is 0 Å². The van der Waals surface area contributed by atoms with Crippen LogP contribution in [0.25, 0.3) is 0 Å². The fraction of sp³-hybridized carbons (Fsp3) is 0.467. The molecule has 1 aromatic carbocycles. The van der Waals surface area contributed by atoms with Gasteiger partial charge in [0.25, 0.3) is 5.69 Å². The number of carbonyl (C=O) groups excluding carboxylic acids is 1. The fourth-order valence-corrected chi connectivity index (χ4v) is 2.63. The number of urea groups is 1. The average Bonchev–Trinajstić information content (AvgIpc) is 2.54. The third kappa shape index (κ3) is 3.97. The van der Waals surface area contributed by atoms with Crippen molar-refractivity contribution in [3.05, 3.63) is 33.9 Å². The van der Waals surface area contributed by atoms with Crippen LogP contribution in [0.4, 0.5) is 16.2 Å². The number of nitro groups is 1. The quantitative estimate of drug-likeness (QED) is 0.653. The summed E-state index contributed by atoms with van der Waals surface area (Å²) in [4.78, 5) is 35.1. The lowest BCUT2D eigenvalue weighted by Crippen LogP contribution is -2.42. The van der Waals surface area contributed by atoms with E-state index in [0.717, 1.165) is 5.56 Å². The first kappa shape index (κ1) is 16.7. The molecule has 0 radical (unpaired) electrons. The average molecular weight is 321 g/mol. The lowest BCUT2D eigenvalue weighted by molar-refractivity contribution is -0.384. The number of carboxylic acids is 1. The van der Waals surface area contributed by atoms with E-state index in [0.29, 0.717) is 38.0 Å². The van der Waals surface area contributed by atoms with E-state index in [1.165, 1.54) is 17.0 Å². The second-order valence-corrected chi connectivity index (χ2v) is 5.48. The molecule has 2 rings (SSSR count). The van der Waals surface area contributed by atoms with Crippen molar-refractivity contribution in [2.75, 3.05) is 18.4 Å². The number of nitrogens with one attached hydrogen (secondary N) is 1. The van der Waals surface area contributed by atoms with Crippen molar-refractivity contribution < 1.29 is 19.6 Å². The number of likely N-dealkylation sites (tertiary alicyclic amines) is 1. The summed E-state index contributed by atoms with van der Waals surface area (Å²) in [5, 5.41) is 22.5. The van der Waals surface area contributed by atoms with E-state index in [4.69, 9.17) is 5.11 Å². The number of aliphatic carboxylic acids is 1. The number of benzene rings is 1. The summed E-state index contributed by atoms with van der Waals surface area (Å²) in [6, 6.07) is 4.03. The molecular formula is C15H19N3O5. The Kier molecular flexibility index (Phi) is 5.15. The number of anilines is 1. The molecular weight excluding hydrogens is 302 g/mol. The molecule has 1 saturated heterocycles. The van der Waals surface area contributed by atoms with Crippen LogP contribution in [0.15, 0.2) is 18.2 Å². The van der Waals surface area contributed by atoms with Gasteiger partial charge in [0.05, 0.1) is 16.5 Å². The molecule has 0 aromatic heterocycles. The lowest BCUT2D eigenvalue weighted by atomic mass is 9.97. The maximum atomic E-state index is 12.3. The van der Waals surface area contributed by atoms with Crippen LogP contribution < -0.4 is 5.32 Å². The van der Waals surface area contributed by atoms with Crippen LogP contribution in [0, 0.1) is 16.0 Å². The molecule has 0 atom stereocenters. The van der Waals surface area contributed by atoms with Gasteiger partial charge in [-0.05, 0) is 24.8 Å². The van der Waals surface area contributed by atoms with Crippen LogP contribution in [-0.2, 0) is 11.2 Å². The van der Waals surface area contributed by atoms with Gasteiger partial charge in [-0.2, -0.15) is 0 Å². The molecule has 0 saturated carbocycles. The number of carboxylic acid groups (broad SMARTS) is 1.